The first-order valence-corrected chi connectivity index (χ1v) is 12.1. The van der Waals surface area contributed by atoms with Crippen LogP contribution in [0.1, 0.15) is 31.6 Å². The van der Waals surface area contributed by atoms with Gasteiger partial charge in [0, 0.05) is 43.5 Å². The van der Waals surface area contributed by atoms with Gasteiger partial charge in [-0.1, -0.05) is 0 Å². The number of aromatic nitrogens is 2. The molecule has 4 rings (SSSR count). The van der Waals surface area contributed by atoms with E-state index in [9.17, 15) is 4.79 Å². The Morgan fingerprint density at radius 3 is 2.57 bits per heavy atom. The molecule has 0 spiro atoms. The lowest BCUT2D eigenvalue weighted by Crippen LogP contribution is -2.42. The molecule has 0 atom stereocenters. The molecule has 2 saturated heterocycles. The number of piperidine rings is 1. The summed E-state index contributed by atoms with van der Waals surface area (Å²) in [5.41, 5.74) is 0. The molecule has 4 heterocycles. The number of carbonyl (C=O) groups is 1. The second-order valence-electron chi connectivity index (χ2n) is 7.91. The van der Waals surface area contributed by atoms with Crippen LogP contribution in [-0.2, 0) is 16.1 Å². The summed E-state index contributed by atoms with van der Waals surface area (Å²) in [6.45, 7) is 11.6. The molecule has 2 aromatic heterocycles. The monoisotopic (exact) mass is 451 g/mol. The molecule has 0 bridgehead atoms. The molecule has 2 fully saturated rings. The lowest BCUT2D eigenvalue weighted by molar-refractivity contribution is -0.136. The summed E-state index contributed by atoms with van der Waals surface area (Å²) in [5.74, 6) is 1.40. The Morgan fingerprint density at radius 1 is 1.20 bits per heavy atom. The van der Waals surface area contributed by atoms with Gasteiger partial charge in [-0.3, -0.25) is 9.69 Å². The Kier molecular flexibility index (Phi) is 7.08. The zero-order valence-corrected chi connectivity index (χ0v) is 19.3. The maximum Gasteiger partial charge on any atom is 0.225 e. The summed E-state index contributed by atoms with van der Waals surface area (Å²) in [6.07, 6.45) is 1.87. The fraction of sp³-hybridized carbons (Fsp3) is 0.667. The van der Waals surface area contributed by atoms with Crippen LogP contribution in [0, 0.1) is 5.92 Å². The molecule has 2 aromatic rings. The standard InChI is InChI=1S/C21H30ClN5O2S/c1-3-26(4-2)20(28)15-5-7-25(8-6-15)14-16-13-17-18(27-9-11-29-12-10-27)23-21(22)24-19(17)30-16/h13,15H,3-12,14H2,1-2H3. The number of likely N-dealkylation sites (tertiary alicyclic amines) is 1. The van der Waals surface area contributed by atoms with Crippen LogP contribution in [0.3, 0.4) is 0 Å². The smallest absolute Gasteiger partial charge is 0.225 e. The lowest BCUT2D eigenvalue weighted by Gasteiger charge is -2.33. The van der Waals surface area contributed by atoms with Gasteiger partial charge < -0.3 is 14.5 Å². The third-order valence-corrected chi connectivity index (χ3v) is 7.28. The van der Waals surface area contributed by atoms with E-state index < -0.39 is 0 Å². The van der Waals surface area contributed by atoms with Gasteiger partial charge in [-0.2, -0.15) is 4.98 Å². The molecule has 0 aromatic carbocycles. The Hall–Kier alpha value is -1.48. The SMILES string of the molecule is CCN(CC)C(=O)C1CCN(Cc2cc3c(N4CCOCC4)nc(Cl)nc3s2)CC1. The summed E-state index contributed by atoms with van der Waals surface area (Å²) >= 11 is 7.91. The summed E-state index contributed by atoms with van der Waals surface area (Å²) in [4.78, 5) is 30.5. The maximum absolute atomic E-state index is 12.6. The molecular weight excluding hydrogens is 422 g/mol. The van der Waals surface area contributed by atoms with Crippen molar-refractivity contribution in [1.29, 1.82) is 0 Å². The number of carbonyl (C=O) groups excluding carboxylic acids is 1. The van der Waals surface area contributed by atoms with Gasteiger partial charge in [0.15, 0.2) is 0 Å². The van der Waals surface area contributed by atoms with Crippen LogP contribution in [0.2, 0.25) is 5.28 Å². The number of rotatable bonds is 6. The molecule has 0 unspecified atom stereocenters. The molecule has 7 nitrogen and oxygen atoms in total. The maximum atomic E-state index is 12.6. The number of amides is 1. The molecule has 1 amide bonds. The molecule has 164 valence electrons. The zero-order chi connectivity index (χ0) is 21.1. The van der Waals surface area contributed by atoms with Crippen molar-refractivity contribution in [2.75, 3.05) is 57.4 Å². The second-order valence-corrected chi connectivity index (χ2v) is 9.36. The molecule has 30 heavy (non-hydrogen) atoms. The topological polar surface area (TPSA) is 61.8 Å². The number of hydrogen-bond donors (Lipinski definition) is 0. The minimum atomic E-state index is 0.168. The molecule has 2 aliphatic rings. The van der Waals surface area contributed by atoms with Gasteiger partial charge in [-0.25, -0.2) is 4.98 Å². The van der Waals surface area contributed by atoms with Crippen molar-refractivity contribution in [3.8, 4) is 0 Å². The van der Waals surface area contributed by atoms with Crippen LogP contribution in [0.15, 0.2) is 6.07 Å². The quantitative estimate of drug-likeness (QED) is 0.628. The average molecular weight is 452 g/mol. The van der Waals surface area contributed by atoms with Crippen molar-refractivity contribution in [3.05, 3.63) is 16.2 Å². The van der Waals surface area contributed by atoms with E-state index in [-0.39, 0.29) is 5.92 Å². The van der Waals surface area contributed by atoms with Crippen molar-refractivity contribution in [2.24, 2.45) is 5.92 Å². The summed E-state index contributed by atoms with van der Waals surface area (Å²) in [7, 11) is 0. The van der Waals surface area contributed by atoms with Crippen LogP contribution in [0.4, 0.5) is 5.82 Å². The first-order chi connectivity index (χ1) is 14.6. The van der Waals surface area contributed by atoms with E-state index in [4.69, 9.17) is 16.3 Å². The van der Waals surface area contributed by atoms with Crippen LogP contribution < -0.4 is 4.90 Å². The predicted molar refractivity (Wildman–Crippen MR) is 121 cm³/mol. The molecule has 0 saturated carbocycles. The highest BCUT2D eigenvalue weighted by molar-refractivity contribution is 7.18. The number of hydrogen-bond acceptors (Lipinski definition) is 7. The fourth-order valence-corrected chi connectivity index (χ4v) is 5.66. The third-order valence-electron chi connectivity index (χ3n) is 6.10. The zero-order valence-electron chi connectivity index (χ0n) is 17.8. The van der Waals surface area contributed by atoms with Crippen LogP contribution >= 0.6 is 22.9 Å². The summed E-state index contributed by atoms with van der Waals surface area (Å²) in [6, 6.07) is 2.22. The molecule has 9 heteroatoms. The number of ether oxygens (including phenoxy) is 1. The Balaban J connectivity index is 1.43. The van der Waals surface area contributed by atoms with Crippen LogP contribution in [0.25, 0.3) is 10.2 Å². The summed E-state index contributed by atoms with van der Waals surface area (Å²) < 4.78 is 5.47. The van der Waals surface area contributed by atoms with Gasteiger partial charge in [-0.05, 0) is 57.4 Å². The number of nitrogens with zero attached hydrogens (tertiary/aromatic N) is 5. The lowest BCUT2D eigenvalue weighted by atomic mass is 9.95. The number of morpholine rings is 1. The number of thiophene rings is 1. The second kappa shape index (κ2) is 9.77. The van der Waals surface area contributed by atoms with Crippen molar-refractivity contribution >= 4 is 44.9 Å². The van der Waals surface area contributed by atoms with E-state index in [0.29, 0.717) is 24.4 Å². The predicted octanol–water partition coefficient (Wildman–Crippen LogP) is 3.26. The van der Waals surface area contributed by atoms with Gasteiger partial charge in [0.2, 0.25) is 11.2 Å². The van der Waals surface area contributed by atoms with Crippen LogP contribution in [-0.4, -0.2) is 78.2 Å². The summed E-state index contributed by atoms with van der Waals surface area (Å²) in [5, 5.41) is 1.38. The molecular formula is C21H30ClN5O2S. The Labute approximate surface area is 187 Å². The largest absolute Gasteiger partial charge is 0.378 e. The van der Waals surface area contributed by atoms with E-state index in [1.165, 1.54) is 4.88 Å². The van der Waals surface area contributed by atoms with E-state index in [2.05, 4.69) is 39.7 Å². The van der Waals surface area contributed by atoms with Crippen LogP contribution in [0.5, 0.6) is 0 Å². The first kappa shape index (κ1) is 21.7. The Morgan fingerprint density at radius 2 is 1.90 bits per heavy atom. The van der Waals surface area contributed by atoms with E-state index in [1.54, 1.807) is 11.3 Å². The molecule has 0 aliphatic carbocycles. The van der Waals surface area contributed by atoms with E-state index >= 15 is 0 Å². The first-order valence-electron chi connectivity index (χ1n) is 10.9. The Bertz CT molecular complexity index is 874. The van der Waals surface area contributed by atoms with Crippen molar-refractivity contribution in [1.82, 2.24) is 19.8 Å². The average Bonchev–Trinajstić information content (AvgIpc) is 3.17. The van der Waals surface area contributed by atoms with Crippen molar-refractivity contribution in [3.63, 3.8) is 0 Å². The van der Waals surface area contributed by atoms with Gasteiger partial charge in [0.05, 0.1) is 18.6 Å². The highest BCUT2D eigenvalue weighted by atomic mass is 35.5. The van der Waals surface area contributed by atoms with Crippen molar-refractivity contribution in [2.45, 2.75) is 33.2 Å². The van der Waals surface area contributed by atoms with E-state index in [0.717, 1.165) is 74.7 Å². The number of anilines is 1. The highest BCUT2D eigenvalue weighted by Crippen LogP contribution is 2.33. The number of fused-ring (bicyclic) bond motifs is 1. The van der Waals surface area contributed by atoms with Gasteiger partial charge >= 0.3 is 0 Å². The van der Waals surface area contributed by atoms with Gasteiger partial charge in [0.1, 0.15) is 10.6 Å². The van der Waals surface area contributed by atoms with Gasteiger partial charge in [-0.15, -0.1) is 11.3 Å². The molecule has 0 N–H and O–H groups in total. The normalized spacial score (nSPS) is 18.8. The third kappa shape index (κ3) is 4.72. The van der Waals surface area contributed by atoms with E-state index in [1.807, 2.05) is 4.90 Å². The molecule has 2 aliphatic heterocycles. The molecule has 0 radical (unpaired) electrons. The highest BCUT2D eigenvalue weighted by Gasteiger charge is 2.28. The van der Waals surface area contributed by atoms with Crippen molar-refractivity contribution < 1.29 is 9.53 Å². The fourth-order valence-electron chi connectivity index (χ4n) is 4.38. The minimum absolute atomic E-state index is 0.168. The van der Waals surface area contributed by atoms with Gasteiger partial charge in [0.25, 0.3) is 0 Å². The minimum Gasteiger partial charge on any atom is -0.378 e. The number of halogens is 1.